The van der Waals surface area contributed by atoms with Crippen LogP contribution in [-0.2, 0) is 4.79 Å². The van der Waals surface area contributed by atoms with Crippen LogP contribution in [0.5, 0.6) is 0 Å². The molecule has 3 aromatic carbocycles. The average Bonchev–Trinajstić information content (AvgIpc) is 2.74. The minimum Gasteiger partial charge on any atom is -0.478 e. The smallest absolute Gasteiger partial charge is 0.335 e. The molecule has 3 unspecified atom stereocenters. The maximum Gasteiger partial charge on any atom is 0.335 e. The number of ketones is 2. The van der Waals surface area contributed by atoms with Crippen molar-refractivity contribution in [3.05, 3.63) is 107 Å². The van der Waals surface area contributed by atoms with Crippen LogP contribution in [0.1, 0.15) is 50.6 Å². The first-order valence-electron chi connectivity index (χ1n) is 9.97. The molecule has 0 saturated heterocycles. The molecule has 150 valence electrons. The molecule has 4 rings (SSSR count). The highest BCUT2D eigenvalue weighted by atomic mass is 16.4. The summed E-state index contributed by atoms with van der Waals surface area (Å²) in [7, 11) is 0. The molecule has 0 aromatic heterocycles. The molecule has 3 aromatic rings. The lowest BCUT2D eigenvalue weighted by molar-refractivity contribution is -0.127. The van der Waals surface area contributed by atoms with Crippen LogP contribution in [0, 0.1) is 11.8 Å². The van der Waals surface area contributed by atoms with Crippen LogP contribution < -0.4 is 0 Å². The SMILES string of the molecule is CC(=O)C1C(C(=O)c2ccccc2)C(c2ccccc2)[C@H]1c1ccc(C(=O)O)cc1. The van der Waals surface area contributed by atoms with Gasteiger partial charge in [-0.1, -0.05) is 72.8 Å². The molecule has 0 bridgehead atoms. The Morgan fingerprint density at radius 1 is 0.633 bits per heavy atom. The second-order valence-electron chi connectivity index (χ2n) is 7.78. The first-order chi connectivity index (χ1) is 14.5. The normalized spacial score (nSPS) is 22.7. The van der Waals surface area contributed by atoms with Gasteiger partial charge in [0.05, 0.1) is 5.56 Å². The molecule has 1 saturated carbocycles. The van der Waals surface area contributed by atoms with Gasteiger partial charge in [0.1, 0.15) is 5.78 Å². The van der Waals surface area contributed by atoms with Gasteiger partial charge in [-0.25, -0.2) is 4.79 Å². The van der Waals surface area contributed by atoms with Crippen molar-refractivity contribution in [1.82, 2.24) is 0 Å². The highest BCUT2D eigenvalue weighted by Gasteiger charge is 2.56. The van der Waals surface area contributed by atoms with Crippen LogP contribution in [0.2, 0.25) is 0 Å². The molecule has 0 amide bonds. The van der Waals surface area contributed by atoms with E-state index in [1.165, 1.54) is 6.92 Å². The predicted molar refractivity (Wildman–Crippen MR) is 114 cm³/mol. The molecule has 0 spiro atoms. The van der Waals surface area contributed by atoms with Crippen LogP contribution in [0.4, 0.5) is 0 Å². The Hall–Kier alpha value is -3.53. The lowest BCUT2D eigenvalue weighted by Gasteiger charge is -2.51. The number of rotatable bonds is 6. The monoisotopic (exact) mass is 398 g/mol. The third-order valence-corrected chi connectivity index (χ3v) is 6.11. The number of aromatic carboxylic acids is 1. The number of carboxylic acid groups (broad SMARTS) is 1. The predicted octanol–water partition coefficient (Wildman–Crippen LogP) is 4.97. The second kappa shape index (κ2) is 8.07. The number of carbonyl (C=O) groups excluding carboxylic acids is 2. The Morgan fingerprint density at radius 3 is 1.67 bits per heavy atom. The first-order valence-corrected chi connectivity index (χ1v) is 9.97. The summed E-state index contributed by atoms with van der Waals surface area (Å²) in [5.41, 5.74) is 2.70. The van der Waals surface area contributed by atoms with Crippen molar-refractivity contribution in [3.8, 4) is 0 Å². The van der Waals surface area contributed by atoms with Gasteiger partial charge in [0.15, 0.2) is 5.78 Å². The van der Waals surface area contributed by atoms with Gasteiger partial charge < -0.3 is 5.11 Å². The fraction of sp³-hybridized carbons (Fsp3) is 0.192. The Labute approximate surface area is 175 Å². The first kappa shape index (κ1) is 19.8. The third kappa shape index (κ3) is 3.45. The highest BCUT2D eigenvalue weighted by Crippen LogP contribution is 2.59. The van der Waals surface area contributed by atoms with Crippen molar-refractivity contribution in [2.75, 3.05) is 0 Å². The summed E-state index contributed by atoms with van der Waals surface area (Å²) >= 11 is 0. The minimum atomic E-state index is -0.991. The van der Waals surface area contributed by atoms with Crippen LogP contribution in [-0.4, -0.2) is 22.6 Å². The lowest BCUT2D eigenvalue weighted by atomic mass is 9.50. The number of carbonyl (C=O) groups is 3. The average molecular weight is 398 g/mol. The van der Waals surface area contributed by atoms with Crippen molar-refractivity contribution in [1.29, 1.82) is 0 Å². The molecule has 30 heavy (non-hydrogen) atoms. The zero-order chi connectivity index (χ0) is 21.3. The molecular weight excluding hydrogens is 376 g/mol. The Bertz CT molecular complexity index is 1070. The lowest BCUT2D eigenvalue weighted by Crippen LogP contribution is -2.50. The fourth-order valence-electron chi connectivity index (χ4n) is 4.73. The van der Waals surface area contributed by atoms with E-state index < -0.39 is 17.8 Å². The van der Waals surface area contributed by atoms with Gasteiger partial charge in [0.2, 0.25) is 0 Å². The van der Waals surface area contributed by atoms with Gasteiger partial charge in [0.25, 0.3) is 0 Å². The third-order valence-electron chi connectivity index (χ3n) is 6.11. The van der Waals surface area contributed by atoms with Gasteiger partial charge in [-0.05, 0) is 30.2 Å². The van der Waals surface area contributed by atoms with E-state index in [0.717, 1.165) is 11.1 Å². The summed E-state index contributed by atoms with van der Waals surface area (Å²) < 4.78 is 0. The molecule has 4 nitrogen and oxygen atoms in total. The number of hydrogen-bond acceptors (Lipinski definition) is 3. The van der Waals surface area contributed by atoms with E-state index in [9.17, 15) is 19.5 Å². The maximum absolute atomic E-state index is 13.4. The van der Waals surface area contributed by atoms with Crippen molar-refractivity contribution in [2.24, 2.45) is 11.8 Å². The van der Waals surface area contributed by atoms with E-state index in [1.807, 2.05) is 48.5 Å². The molecular formula is C26H22O4. The van der Waals surface area contributed by atoms with Crippen molar-refractivity contribution in [3.63, 3.8) is 0 Å². The van der Waals surface area contributed by atoms with Crippen LogP contribution in [0.15, 0.2) is 84.9 Å². The van der Waals surface area contributed by atoms with Gasteiger partial charge in [0, 0.05) is 29.2 Å². The zero-order valence-corrected chi connectivity index (χ0v) is 16.6. The molecule has 4 atom stereocenters. The molecule has 0 heterocycles. The summed E-state index contributed by atoms with van der Waals surface area (Å²) in [6.07, 6.45) is 0. The van der Waals surface area contributed by atoms with Crippen molar-refractivity contribution < 1.29 is 19.5 Å². The largest absolute Gasteiger partial charge is 0.478 e. The van der Waals surface area contributed by atoms with Gasteiger partial charge in [-0.15, -0.1) is 0 Å². The van der Waals surface area contributed by atoms with Crippen molar-refractivity contribution >= 4 is 17.5 Å². The van der Waals surface area contributed by atoms with Crippen LogP contribution >= 0.6 is 0 Å². The highest BCUT2D eigenvalue weighted by molar-refractivity contribution is 6.03. The van der Waals surface area contributed by atoms with Gasteiger partial charge in [-0.3, -0.25) is 9.59 Å². The van der Waals surface area contributed by atoms with E-state index in [2.05, 4.69) is 0 Å². The summed E-state index contributed by atoms with van der Waals surface area (Å²) in [5.74, 6) is -2.26. The quantitative estimate of drug-likeness (QED) is 0.595. The van der Waals surface area contributed by atoms with E-state index in [0.29, 0.717) is 5.56 Å². The fourth-order valence-corrected chi connectivity index (χ4v) is 4.73. The summed E-state index contributed by atoms with van der Waals surface area (Å²) in [5, 5.41) is 9.20. The summed E-state index contributed by atoms with van der Waals surface area (Å²) in [6, 6.07) is 25.5. The molecule has 1 fully saturated rings. The standard InChI is InChI=1S/C26H22O4/c1-16(27)21-22(18-12-14-20(15-13-18)26(29)30)23(17-8-4-2-5-9-17)24(21)25(28)19-10-6-3-7-11-19/h2-15,21-24H,1H3,(H,29,30)/t21?,22-,23?,24?/m0/s1. The molecule has 0 radical (unpaired) electrons. The summed E-state index contributed by atoms with van der Waals surface area (Å²) in [4.78, 5) is 37.3. The van der Waals surface area contributed by atoms with E-state index in [-0.39, 0.29) is 29.0 Å². The van der Waals surface area contributed by atoms with Crippen LogP contribution in [0.3, 0.4) is 0 Å². The van der Waals surface area contributed by atoms with Crippen molar-refractivity contribution in [2.45, 2.75) is 18.8 Å². The number of hydrogen-bond donors (Lipinski definition) is 1. The molecule has 1 aliphatic rings. The molecule has 1 aliphatic carbocycles. The zero-order valence-electron chi connectivity index (χ0n) is 16.6. The summed E-state index contributed by atoms with van der Waals surface area (Å²) in [6.45, 7) is 1.54. The number of carboxylic acids is 1. The Kier molecular flexibility index (Phi) is 5.32. The number of benzene rings is 3. The number of Topliss-reactive ketones (excluding diaryl/α,β-unsaturated/α-hetero) is 2. The maximum atomic E-state index is 13.4. The Morgan fingerprint density at radius 2 is 1.13 bits per heavy atom. The molecule has 1 N–H and O–H groups in total. The molecule has 4 heteroatoms. The van der Waals surface area contributed by atoms with E-state index in [1.54, 1.807) is 36.4 Å². The van der Waals surface area contributed by atoms with Gasteiger partial charge >= 0.3 is 5.97 Å². The van der Waals surface area contributed by atoms with Crippen LogP contribution in [0.25, 0.3) is 0 Å². The second-order valence-corrected chi connectivity index (χ2v) is 7.78. The topological polar surface area (TPSA) is 71.4 Å². The minimum absolute atomic E-state index is 0.0243. The van der Waals surface area contributed by atoms with Gasteiger partial charge in [-0.2, -0.15) is 0 Å². The van der Waals surface area contributed by atoms with E-state index >= 15 is 0 Å². The van der Waals surface area contributed by atoms with E-state index in [4.69, 9.17) is 0 Å². The molecule has 0 aliphatic heterocycles. The Balaban J connectivity index is 1.79.